The predicted molar refractivity (Wildman–Crippen MR) is 91.5 cm³/mol. The molecule has 25 heavy (non-hydrogen) atoms. The van der Waals surface area contributed by atoms with Crippen LogP contribution >= 0.6 is 0 Å². The molecule has 1 saturated heterocycles. The third-order valence-corrected chi connectivity index (χ3v) is 4.30. The monoisotopic (exact) mass is 343 g/mol. The van der Waals surface area contributed by atoms with Crippen LogP contribution in [0.1, 0.15) is 35.3 Å². The standard InChI is InChI=1S/C19H22FN3O2/c1-13-11-17(22-14(2)21-13)18-12-23(9-10-25-18)19(24)8-7-15-5-3-4-6-16(15)20/h3-6,11,18H,7-10,12H2,1-2H3. The number of ether oxygens (including phenoxy) is 1. The van der Waals surface area contributed by atoms with E-state index in [9.17, 15) is 9.18 Å². The SMILES string of the molecule is Cc1cc(C2CN(C(=O)CCc3ccccc3F)CCO2)nc(C)n1. The smallest absolute Gasteiger partial charge is 0.223 e. The first-order valence-corrected chi connectivity index (χ1v) is 8.48. The molecule has 0 saturated carbocycles. The number of carbonyl (C=O) groups is 1. The van der Waals surface area contributed by atoms with E-state index in [0.717, 1.165) is 11.4 Å². The fourth-order valence-electron chi connectivity index (χ4n) is 3.07. The molecule has 1 aliphatic heterocycles. The highest BCUT2D eigenvalue weighted by molar-refractivity contribution is 5.76. The van der Waals surface area contributed by atoms with E-state index in [1.807, 2.05) is 19.9 Å². The highest BCUT2D eigenvalue weighted by atomic mass is 19.1. The molecule has 0 radical (unpaired) electrons. The van der Waals surface area contributed by atoms with Gasteiger partial charge in [-0.2, -0.15) is 0 Å². The topological polar surface area (TPSA) is 55.3 Å². The summed E-state index contributed by atoms with van der Waals surface area (Å²) in [6.07, 6.45) is 0.445. The number of aromatic nitrogens is 2. The summed E-state index contributed by atoms with van der Waals surface area (Å²) in [7, 11) is 0. The number of benzene rings is 1. The summed E-state index contributed by atoms with van der Waals surface area (Å²) < 4.78 is 19.5. The van der Waals surface area contributed by atoms with E-state index >= 15 is 0 Å². The number of nitrogens with zero attached hydrogens (tertiary/aromatic N) is 3. The average molecular weight is 343 g/mol. The van der Waals surface area contributed by atoms with Gasteiger partial charge >= 0.3 is 0 Å². The van der Waals surface area contributed by atoms with Crippen molar-refractivity contribution in [1.29, 1.82) is 0 Å². The van der Waals surface area contributed by atoms with Gasteiger partial charge in [0.1, 0.15) is 17.7 Å². The molecule has 3 rings (SSSR count). The first-order valence-electron chi connectivity index (χ1n) is 8.48. The van der Waals surface area contributed by atoms with Gasteiger partial charge in [-0.1, -0.05) is 18.2 Å². The molecular weight excluding hydrogens is 321 g/mol. The van der Waals surface area contributed by atoms with Crippen LogP contribution in [0.3, 0.4) is 0 Å². The van der Waals surface area contributed by atoms with E-state index in [1.54, 1.807) is 23.1 Å². The molecule has 1 fully saturated rings. The second-order valence-corrected chi connectivity index (χ2v) is 6.27. The Balaban J connectivity index is 1.62. The lowest BCUT2D eigenvalue weighted by Gasteiger charge is -2.33. The van der Waals surface area contributed by atoms with Gasteiger partial charge < -0.3 is 9.64 Å². The minimum Gasteiger partial charge on any atom is -0.368 e. The highest BCUT2D eigenvalue weighted by Crippen LogP contribution is 2.22. The van der Waals surface area contributed by atoms with Crippen LogP contribution in [-0.4, -0.2) is 40.5 Å². The molecule has 5 nitrogen and oxygen atoms in total. The summed E-state index contributed by atoms with van der Waals surface area (Å²) in [5.74, 6) is 0.447. The van der Waals surface area contributed by atoms with Crippen molar-refractivity contribution < 1.29 is 13.9 Å². The molecular formula is C19H22FN3O2. The Morgan fingerprint density at radius 2 is 2.12 bits per heavy atom. The van der Waals surface area contributed by atoms with Gasteiger partial charge in [0.15, 0.2) is 0 Å². The zero-order chi connectivity index (χ0) is 17.8. The molecule has 1 aliphatic rings. The lowest BCUT2D eigenvalue weighted by Crippen LogP contribution is -2.42. The van der Waals surface area contributed by atoms with Gasteiger partial charge in [0.2, 0.25) is 5.91 Å². The fraction of sp³-hybridized carbons (Fsp3) is 0.421. The van der Waals surface area contributed by atoms with Gasteiger partial charge in [-0.25, -0.2) is 14.4 Å². The second kappa shape index (κ2) is 7.70. The number of halogens is 1. The third kappa shape index (κ3) is 4.39. The van der Waals surface area contributed by atoms with Crippen LogP contribution < -0.4 is 0 Å². The summed E-state index contributed by atoms with van der Waals surface area (Å²) in [6.45, 7) is 5.24. The van der Waals surface area contributed by atoms with Crippen LogP contribution in [0.2, 0.25) is 0 Å². The molecule has 1 atom stereocenters. The number of hydrogen-bond acceptors (Lipinski definition) is 4. The van der Waals surface area contributed by atoms with Crippen LogP contribution in [-0.2, 0) is 16.0 Å². The molecule has 1 aromatic heterocycles. The van der Waals surface area contributed by atoms with Crippen LogP contribution in [0.5, 0.6) is 0 Å². The highest BCUT2D eigenvalue weighted by Gasteiger charge is 2.26. The molecule has 132 valence electrons. The summed E-state index contributed by atoms with van der Waals surface area (Å²) >= 11 is 0. The summed E-state index contributed by atoms with van der Waals surface area (Å²) in [6, 6.07) is 8.47. The Hall–Kier alpha value is -2.34. The number of morpholine rings is 1. The minimum atomic E-state index is -0.262. The summed E-state index contributed by atoms with van der Waals surface area (Å²) in [5, 5.41) is 0. The summed E-state index contributed by atoms with van der Waals surface area (Å²) in [4.78, 5) is 23.0. The third-order valence-electron chi connectivity index (χ3n) is 4.30. The summed E-state index contributed by atoms with van der Waals surface area (Å²) in [5.41, 5.74) is 2.26. The lowest BCUT2D eigenvalue weighted by atomic mass is 10.1. The van der Waals surface area contributed by atoms with Crippen molar-refractivity contribution in [3.8, 4) is 0 Å². The van der Waals surface area contributed by atoms with E-state index in [0.29, 0.717) is 37.5 Å². The van der Waals surface area contributed by atoms with E-state index in [4.69, 9.17) is 4.74 Å². The fourth-order valence-corrected chi connectivity index (χ4v) is 3.07. The van der Waals surface area contributed by atoms with Crippen molar-refractivity contribution in [3.63, 3.8) is 0 Å². The number of carbonyl (C=O) groups excluding carboxylic acids is 1. The maximum absolute atomic E-state index is 13.7. The van der Waals surface area contributed by atoms with Crippen molar-refractivity contribution in [3.05, 3.63) is 58.9 Å². The van der Waals surface area contributed by atoms with E-state index < -0.39 is 0 Å². The molecule has 6 heteroatoms. The molecule has 1 unspecified atom stereocenters. The largest absolute Gasteiger partial charge is 0.368 e. The second-order valence-electron chi connectivity index (χ2n) is 6.27. The Bertz CT molecular complexity index is 746. The molecule has 0 aliphatic carbocycles. The number of rotatable bonds is 4. The normalized spacial score (nSPS) is 17.6. The predicted octanol–water partition coefficient (Wildman–Crippen LogP) is 2.77. The molecule has 0 spiro atoms. The van der Waals surface area contributed by atoms with Gasteiger partial charge in [-0.3, -0.25) is 4.79 Å². The van der Waals surface area contributed by atoms with Crippen LogP contribution in [0.15, 0.2) is 30.3 Å². The van der Waals surface area contributed by atoms with Gasteiger partial charge in [0, 0.05) is 18.7 Å². The molecule has 1 aromatic carbocycles. The van der Waals surface area contributed by atoms with Crippen molar-refractivity contribution in [2.45, 2.75) is 32.8 Å². The maximum atomic E-state index is 13.7. The molecule has 2 aromatic rings. The van der Waals surface area contributed by atoms with Gasteiger partial charge in [0.05, 0.1) is 18.8 Å². The van der Waals surface area contributed by atoms with E-state index in [2.05, 4.69) is 9.97 Å². The molecule has 0 bridgehead atoms. The Labute approximate surface area is 146 Å². The van der Waals surface area contributed by atoms with Crippen LogP contribution in [0.4, 0.5) is 4.39 Å². The first kappa shape index (κ1) is 17.5. The lowest BCUT2D eigenvalue weighted by molar-refractivity contribution is -0.139. The molecule has 2 heterocycles. The van der Waals surface area contributed by atoms with Crippen molar-refractivity contribution in [1.82, 2.24) is 14.9 Å². The van der Waals surface area contributed by atoms with Crippen molar-refractivity contribution in [2.75, 3.05) is 19.7 Å². The van der Waals surface area contributed by atoms with Gasteiger partial charge in [0.25, 0.3) is 0 Å². The van der Waals surface area contributed by atoms with E-state index in [1.165, 1.54) is 6.07 Å². The number of amides is 1. The Kier molecular flexibility index (Phi) is 5.38. The first-order chi connectivity index (χ1) is 12.0. The molecule has 1 amide bonds. The maximum Gasteiger partial charge on any atom is 0.223 e. The number of aryl methyl sites for hydroxylation is 3. The Morgan fingerprint density at radius 1 is 1.32 bits per heavy atom. The van der Waals surface area contributed by atoms with Crippen LogP contribution in [0.25, 0.3) is 0 Å². The Morgan fingerprint density at radius 3 is 2.88 bits per heavy atom. The average Bonchev–Trinajstić information content (AvgIpc) is 2.60. The van der Waals surface area contributed by atoms with Gasteiger partial charge in [-0.05, 0) is 38.0 Å². The van der Waals surface area contributed by atoms with Crippen molar-refractivity contribution >= 4 is 5.91 Å². The van der Waals surface area contributed by atoms with E-state index in [-0.39, 0.29) is 24.2 Å². The van der Waals surface area contributed by atoms with Crippen molar-refractivity contribution in [2.24, 2.45) is 0 Å². The van der Waals surface area contributed by atoms with Crippen LogP contribution in [0, 0.1) is 19.7 Å². The zero-order valence-corrected chi connectivity index (χ0v) is 14.5. The quantitative estimate of drug-likeness (QED) is 0.857. The minimum absolute atomic E-state index is 0.0130. The zero-order valence-electron chi connectivity index (χ0n) is 14.5. The molecule has 0 N–H and O–H groups in total. The van der Waals surface area contributed by atoms with Gasteiger partial charge in [-0.15, -0.1) is 0 Å². The number of hydrogen-bond donors (Lipinski definition) is 0.